The first kappa shape index (κ1) is 23.4. The van der Waals surface area contributed by atoms with Crippen molar-refractivity contribution in [1.82, 2.24) is 4.40 Å². The second-order valence-corrected chi connectivity index (χ2v) is 16.4. The number of nitrogens with zero attached hydrogens (tertiary/aromatic N) is 2. The number of fused-ring (bicyclic) bond motifs is 5. The maximum Gasteiger partial charge on any atom is 0.224 e. The van der Waals surface area contributed by atoms with Crippen LogP contribution in [-0.4, -0.2) is 12.5 Å². The number of rotatable bonds is 5. The van der Waals surface area contributed by atoms with Crippen LogP contribution >= 0.6 is 0 Å². The van der Waals surface area contributed by atoms with Crippen LogP contribution in [0.25, 0.3) is 60.1 Å². The van der Waals surface area contributed by atoms with Gasteiger partial charge in [-0.15, -0.1) is 0 Å². The molecule has 7 aromatic rings. The molecule has 0 N–H and O–H groups in total. The van der Waals surface area contributed by atoms with Crippen LogP contribution in [0.3, 0.4) is 0 Å². The quantitative estimate of drug-likeness (QED) is 0.0947. The molecule has 0 radical (unpaired) electrons. The first-order valence-electron chi connectivity index (χ1n) is 14.1. The normalized spacial score (nSPS) is 12.7. The second-order valence-electron chi connectivity index (χ2n) is 11.2. The Morgan fingerprint density at radius 2 is 1.45 bits per heavy atom. The molecule has 0 amide bonds. The van der Waals surface area contributed by atoms with Crippen LogP contribution in [0.1, 0.15) is 26.3 Å². The Labute approximate surface area is 225 Å². The summed E-state index contributed by atoms with van der Waals surface area (Å²) in [7, 11) is 0.626. The minimum atomic E-state index is -1.58. The number of aryl methyl sites for hydroxylation is 2. The standard InChI is InChI=1S/C35H35N2Si/c1-6-38(7-2,8-3)27-20-26-18-19-36(5)35-32-23(4)14-16-29-28-17-15-25(24-12-10-9-11-13-24)21-30(28)37(34(29)32)31(22-27)33(26)35/h9-22H,6-8H2,1-5H3/q+1. The lowest BCUT2D eigenvalue weighted by Crippen LogP contribution is -2.45. The van der Waals surface area contributed by atoms with Gasteiger partial charge in [0, 0.05) is 16.8 Å². The molecule has 0 fully saturated rings. The third kappa shape index (κ3) is 3.03. The number of aromatic nitrogens is 2. The van der Waals surface area contributed by atoms with Gasteiger partial charge >= 0.3 is 0 Å². The molecule has 7 rings (SSSR count). The van der Waals surface area contributed by atoms with Crippen molar-refractivity contribution in [3.05, 3.63) is 90.6 Å². The fraction of sp³-hybridized carbons (Fsp3) is 0.229. The van der Waals surface area contributed by atoms with Crippen molar-refractivity contribution >= 4 is 62.3 Å². The monoisotopic (exact) mass is 511 g/mol. The van der Waals surface area contributed by atoms with Gasteiger partial charge in [-0.2, -0.15) is 0 Å². The van der Waals surface area contributed by atoms with E-state index in [0.717, 1.165) is 0 Å². The first-order valence-corrected chi connectivity index (χ1v) is 16.7. The van der Waals surface area contributed by atoms with Crippen molar-refractivity contribution in [3.8, 4) is 11.1 Å². The zero-order valence-electron chi connectivity index (χ0n) is 23.1. The van der Waals surface area contributed by atoms with Crippen molar-refractivity contribution in [2.45, 2.75) is 45.8 Å². The fourth-order valence-corrected chi connectivity index (χ4v) is 10.8. The van der Waals surface area contributed by atoms with Crippen LogP contribution in [0.4, 0.5) is 0 Å². The second kappa shape index (κ2) is 8.41. The molecule has 188 valence electrons. The average Bonchev–Trinajstić information content (AvgIpc) is 3.29. The fourth-order valence-electron chi connectivity index (χ4n) is 7.19. The Morgan fingerprint density at radius 3 is 2.18 bits per heavy atom. The lowest BCUT2D eigenvalue weighted by atomic mass is 9.99. The van der Waals surface area contributed by atoms with Gasteiger partial charge in [0.25, 0.3) is 0 Å². The van der Waals surface area contributed by atoms with Crippen molar-refractivity contribution in [3.63, 3.8) is 0 Å². The van der Waals surface area contributed by atoms with E-state index in [1.54, 1.807) is 5.19 Å². The topological polar surface area (TPSA) is 8.29 Å². The predicted octanol–water partition coefficient (Wildman–Crippen LogP) is 8.51. The smallest absolute Gasteiger partial charge is 0.224 e. The zero-order valence-corrected chi connectivity index (χ0v) is 24.1. The Kier molecular flexibility index (Phi) is 5.18. The average molecular weight is 512 g/mol. The lowest BCUT2D eigenvalue weighted by molar-refractivity contribution is -0.643. The third-order valence-electron chi connectivity index (χ3n) is 9.58. The SMILES string of the molecule is CC[Si](CC)(CC)c1cc2cc[n+](C)c3c4c(C)ccc5c6ccc(-c7ccccc7)cc6n(c(c1)c23)c54. The molecule has 0 unspecified atom stereocenters. The number of pyridine rings is 2. The molecule has 0 aliphatic rings. The van der Waals surface area contributed by atoms with E-state index in [9.17, 15) is 0 Å². The highest BCUT2D eigenvalue weighted by atomic mass is 28.3. The van der Waals surface area contributed by atoms with E-state index in [-0.39, 0.29) is 0 Å². The summed E-state index contributed by atoms with van der Waals surface area (Å²) in [5.74, 6) is 0. The highest BCUT2D eigenvalue weighted by molar-refractivity contribution is 6.92. The maximum atomic E-state index is 2.61. The summed E-state index contributed by atoms with van der Waals surface area (Å²) in [5, 5.41) is 8.42. The van der Waals surface area contributed by atoms with Crippen LogP contribution in [0.5, 0.6) is 0 Å². The van der Waals surface area contributed by atoms with E-state index < -0.39 is 8.07 Å². The van der Waals surface area contributed by atoms with Crippen LogP contribution in [-0.2, 0) is 7.05 Å². The van der Waals surface area contributed by atoms with E-state index >= 15 is 0 Å². The van der Waals surface area contributed by atoms with E-state index in [4.69, 9.17) is 0 Å². The lowest BCUT2D eigenvalue weighted by Gasteiger charge is -2.29. The molecule has 0 saturated carbocycles. The summed E-state index contributed by atoms with van der Waals surface area (Å²) in [4.78, 5) is 0. The van der Waals surface area contributed by atoms with Crippen molar-refractivity contribution < 1.29 is 4.57 Å². The molecule has 2 nitrogen and oxygen atoms in total. The molecule has 3 heteroatoms. The predicted molar refractivity (Wildman–Crippen MR) is 167 cm³/mol. The molecule has 0 bridgehead atoms. The van der Waals surface area contributed by atoms with Crippen LogP contribution < -0.4 is 9.75 Å². The Balaban J connectivity index is 1.76. The summed E-state index contributed by atoms with van der Waals surface area (Å²) in [6.45, 7) is 9.52. The van der Waals surface area contributed by atoms with Crippen molar-refractivity contribution in [1.29, 1.82) is 0 Å². The summed E-state index contributed by atoms with van der Waals surface area (Å²) >= 11 is 0. The molecule has 0 aliphatic carbocycles. The minimum absolute atomic E-state index is 1.26. The van der Waals surface area contributed by atoms with Crippen LogP contribution in [0.2, 0.25) is 18.1 Å². The third-order valence-corrected chi connectivity index (χ3v) is 15.2. The summed E-state index contributed by atoms with van der Waals surface area (Å²) in [6, 6.07) is 33.8. The van der Waals surface area contributed by atoms with E-state index in [0.29, 0.717) is 0 Å². The van der Waals surface area contributed by atoms with Gasteiger partial charge in [0.2, 0.25) is 5.52 Å². The molecule has 0 aliphatic heterocycles. The molecule has 3 heterocycles. The van der Waals surface area contributed by atoms with Gasteiger partial charge in [-0.1, -0.05) is 105 Å². The Hall–Kier alpha value is -3.69. The maximum absolute atomic E-state index is 2.61. The van der Waals surface area contributed by atoms with Crippen LogP contribution in [0.15, 0.2) is 85.1 Å². The Morgan fingerprint density at radius 1 is 0.711 bits per heavy atom. The summed E-state index contributed by atoms with van der Waals surface area (Å²) < 4.78 is 4.95. The summed E-state index contributed by atoms with van der Waals surface area (Å²) in [6.07, 6.45) is 2.27. The van der Waals surface area contributed by atoms with Crippen LogP contribution in [0, 0.1) is 6.92 Å². The van der Waals surface area contributed by atoms with Gasteiger partial charge in [0.15, 0.2) is 6.20 Å². The van der Waals surface area contributed by atoms with E-state index in [1.807, 2.05) is 0 Å². The molecule has 4 aromatic carbocycles. The zero-order chi connectivity index (χ0) is 26.2. The molecule has 3 aromatic heterocycles. The van der Waals surface area contributed by atoms with E-state index in [1.165, 1.54) is 83.8 Å². The van der Waals surface area contributed by atoms with Crippen molar-refractivity contribution in [2.24, 2.45) is 7.05 Å². The van der Waals surface area contributed by atoms with E-state index in [2.05, 4.69) is 129 Å². The number of hydrogen-bond acceptors (Lipinski definition) is 0. The molecule has 38 heavy (non-hydrogen) atoms. The molecular formula is C35H35N2Si+. The van der Waals surface area contributed by atoms with Crippen molar-refractivity contribution in [2.75, 3.05) is 0 Å². The highest BCUT2D eigenvalue weighted by Crippen LogP contribution is 2.41. The van der Waals surface area contributed by atoms with Gasteiger partial charge in [0.05, 0.1) is 35.4 Å². The molecule has 0 spiro atoms. The van der Waals surface area contributed by atoms with Gasteiger partial charge in [-0.3, -0.25) is 0 Å². The number of benzene rings is 4. The molecular weight excluding hydrogens is 476 g/mol. The largest absolute Gasteiger partial charge is 0.307 e. The highest BCUT2D eigenvalue weighted by Gasteiger charge is 2.32. The molecule has 0 saturated heterocycles. The van der Waals surface area contributed by atoms with Gasteiger partial charge < -0.3 is 4.40 Å². The summed E-state index contributed by atoms with van der Waals surface area (Å²) in [5.41, 5.74) is 9.24. The Bertz CT molecular complexity index is 1990. The van der Waals surface area contributed by atoms with Gasteiger partial charge in [-0.25, -0.2) is 4.57 Å². The van der Waals surface area contributed by atoms with Gasteiger partial charge in [0.1, 0.15) is 7.05 Å². The number of hydrogen-bond donors (Lipinski definition) is 0. The first-order chi connectivity index (χ1) is 18.5. The van der Waals surface area contributed by atoms with Gasteiger partial charge in [-0.05, 0) is 41.1 Å². The minimum Gasteiger partial charge on any atom is -0.307 e. The molecule has 0 atom stereocenters.